The number of amides is 1. The lowest BCUT2D eigenvalue weighted by molar-refractivity contribution is -0.120. The van der Waals surface area contributed by atoms with Gasteiger partial charge in [-0.2, -0.15) is 0 Å². The second-order valence-corrected chi connectivity index (χ2v) is 2.85. The molecule has 3 heteroatoms. The van der Waals surface area contributed by atoms with E-state index in [2.05, 4.69) is 6.92 Å². The summed E-state index contributed by atoms with van der Waals surface area (Å²) in [5.41, 5.74) is 5.02. The van der Waals surface area contributed by atoms with E-state index in [9.17, 15) is 4.79 Å². The lowest BCUT2D eigenvalue weighted by Gasteiger charge is -2.10. The van der Waals surface area contributed by atoms with Crippen LogP contribution in [0.15, 0.2) is 0 Å². The summed E-state index contributed by atoms with van der Waals surface area (Å²) >= 11 is 0. The zero-order chi connectivity index (χ0) is 7.56. The molecule has 2 N–H and O–H groups in total. The van der Waals surface area contributed by atoms with Gasteiger partial charge in [0.1, 0.15) is 0 Å². The number of primary amides is 1. The Morgan fingerprint density at radius 2 is 2.50 bits per heavy atom. The van der Waals surface area contributed by atoms with E-state index < -0.39 is 0 Å². The summed E-state index contributed by atoms with van der Waals surface area (Å²) in [4.78, 5) is 10.4. The molecule has 1 heterocycles. The fourth-order valence-corrected chi connectivity index (χ4v) is 1.21. The van der Waals surface area contributed by atoms with Gasteiger partial charge < -0.3 is 10.5 Å². The van der Waals surface area contributed by atoms with Gasteiger partial charge in [0, 0.05) is 6.61 Å². The molecule has 0 spiro atoms. The highest BCUT2D eigenvalue weighted by molar-refractivity contribution is 5.74. The summed E-state index contributed by atoms with van der Waals surface area (Å²) in [6.45, 7) is 2.86. The van der Waals surface area contributed by atoms with Crippen LogP contribution in [-0.2, 0) is 9.53 Å². The number of rotatable bonds is 2. The van der Waals surface area contributed by atoms with Crippen molar-refractivity contribution in [3.8, 4) is 0 Å². The van der Waals surface area contributed by atoms with Gasteiger partial charge in [0.25, 0.3) is 0 Å². The number of carbonyl (C=O) groups is 1. The standard InChI is InChI=1S/C7H13NO2/c1-5-2-3-10-6(5)4-7(8)9/h5-6H,2-4H2,1H3,(H2,8,9)/t5-,6-/m1/s1. The molecule has 0 bridgehead atoms. The van der Waals surface area contributed by atoms with Crippen LogP contribution in [0.5, 0.6) is 0 Å². The van der Waals surface area contributed by atoms with Gasteiger partial charge in [0.15, 0.2) is 0 Å². The lowest BCUT2D eigenvalue weighted by Crippen LogP contribution is -2.23. The monoisotopic (exact) mass is 143 g/mol. The van der Waals surface area contributed by atoms with E-state index in [1.54, 1.807) is 0 Å². The predicted molar refractivity (Wildman–Crippen MR) is 37.3 cm³/mol. The molecule has 0 aliphatic carbocycles. The molecule has 1 saturated heterocycles. The molecule has 1 rings (SSSR count). The van der Waals surface area contributed by atoms with E-state index in [-0.39, 0.29) is 12.0 Å². The van der Waals surface area contributed by atoms with Crippen molar-refractivity contribution in [3.05, 3.63) is 0 Å². The first-order valence-corrected chi connectivity index (χ1v) is 3.60. The van der Waals surface area contributed by atoms with Gasteiger partial charge in [0.05, 0.1) is 12.5 Å². The summed E-state index contributed by atoms with van der Waals surface area (Å²) in [7, 11) is 0. The Balaban J connectivity index is 2.33. The van der Waals surface area contributed by atoms with Crippen molar-refractivity contribution in [2.24, 2.45) is 11.7 Å². The highest BCUT2D eigenvalue weighted by atomic mass is 16.5. The maximum absolute atomic E-state index is 10.4. The van der Waals surface area contributed by atoms with Gasteiger partial charge in [0.2, 0.25) is 5.91 Å². The van der Waals surface area contributed by atoms with E-state index >= 15 is 0 Å². The molecule has 58 valence electrons. The Hall–Kier alpha value is -0.570. The first kappa shape index (κ1) is 7.54. The summed E-state index contributed by atoms with van der Waals surface area (Å²) in [6.07, 6.45) is 1.51. The minimum absolute atomic E-state index is 0.0810. The van der Waals surface area contributed by atoms with E-state index in [1.807, 2.05) is 0 Å². The van der Waals surface area contributed by atoms with E-state index in [1.165, 1.54) is 0 Å². The van der Waals surface area contributed by atoms with Crippen LogP contribution in [0.4, 0.5) is 0 Å². The van der Waals surface area contributed by atoms with Crippen LogP contribution in [0.2, 0.25) is 0 Å². The third-order valence-corrected chi connectivity index (χ3v) is 1.94. The molecule has 10 heavy (non-hydrogen) atoms. The third kappa shape index (κ3) is 1.70. The van der Waals surface area contributed by atoms with Gasteiger partial charge in [-0.15, -0.1) is 0 Å². The predicted octanol–water partition coefficient (Wildman–Crippen LogP) is 0.287. The normalized spacial score (nSPS) is 32.5. The largest absolute Gasteiger partial charge is 0.377 e. The highest BCUT2D eigenvalue weighted by Gasteiger charge is 2.25. The minimum atomic E-state index is -0.265. The average Bonchev–Trinajstić information content (AvgIpc) is 2.15. The summed E-state index contributed by atoms with van der Waals surface area (Å²) < 4.78 is 5.28. The molecule has 1 aliphatic heterocycles. The Labute approximate surface area is 60.5 Å². The maximum atomic E-state index is 10.4. The molecule has 0 aromatic rings. The molecule has 1 aliphatic rings. The molecule has 0 radical (unpaired) electrons. The molecule has 3 nitrogen and oxygen atoms in total. The van der Waals surface area contributed by atoms with Crippen LogP contribution < -0.4 is 5.73 Å². The van der Waals surface area contributed by atoms with Crippen LogP contribution in [0.1, 0.15) is 19.8 Å². The number of hydrogen-bond acceptors (Lipinski definition) is 2. The smallest absolute Gasteiger partial charge is 0.220 e. The fourth-order valence-electron chi connectivity index (χ4n) is 1.21. The molecule has 1 amide bonds. The van der Waals surface area contributed by atoms with Gasteiger partial charge in [-0.3, -0.25) is 4.79 Å². The first-order chi connectivity index (χ1) is 4.70. The third-order valence-electron chi connectivity index (χ3n) is 1.94. The summed E-state index contributed by atoms with van der Waals surface area (Å²) in [6, 6.07) is 0. The Kier molecular flexibility index (Phi) is 2.27. The zero-order valence-electron chi connectivity index (χ0n) is 6.17. The van der Waals surface area contributed by atoms with E-state index in [0.29, 0.717) is 12.3 Å². The van der Waals surface area contributed by atoms with Crippen molar-refractivity contribution in [1.29, 1.82) is 0 Å². The van der Waals surface area contributed by atoms with E-state index in [0.717, 1.165) is 13.0 Å². The number of ether oxygens (including phenoxy) is 1. The number of hydrogen-bond donors (Lipinski definition) is 1. The molecule has 1 fully saturated rings. The average molecular weight is 143 g/mol. The lowest BCUT2D eigenvalue weighted by atomic mass is 10.0. The van der Waals surface area contributed by atoms with Crippen molar-refractivity contribution in [2.45, 2.75) is 25.9 Å². The van der Waals surface area contributed by atoms with Gasteiger partial charge >= 0.3 is 0 Å². The van der Waals surface area contributed by atoms with Crippen LogP contribution >= 0.6 is 0 Å². The van der Waals surface area contributed by atoms with Crippen LogP contribution in [0.3, 0.4) is 0 Å². The molecular weight excluding hydrogens is 130 g/mol. The van der Waals surface area contributed by atoms with Crippen molar-refractivity contribution >= 4 is 5.91 Å². The Bertz CT molecular complexity index is 136. The SMILES string of the molecule is C[C@@H]1CCO[C@@H]1CC(N)=O. The van der Waals surface area contributed by atoms with Crippen LogP contribution in [-0.4, -0.2) is 18.6 Å². The Morgan fingerprint density at radius 3 is 2.90 bits per heavy atom. The molecular formula is C7H13NO2. The zero-order valence-corrected chi connectivity index (χ0v) is 6.17. The summed E-state index contributed by atoms with van der Waals surface area (Å²) in [5, 5.41) is 0. The van der Waals surface area contributed by atoms with Gasteiger partial charge in [-0.05, 0) is 12.3 Å². The number of nitrogens with two attached hydrogens (primary N) is 1. The molecule has 0 unspecified atom stereocenters. The van der Waals surface area contributed by atoms with Crippen molar-refractivity contribution in [1.82, 2.24) is 0 Å². The van der Waals surface area contributed by atoms with Crippen molar-refractivity contribution in [2.75, 3.05) is 6.61 Å². The van der Waals surface area contributed by atoms with Gasteiger partial charge in [-0.1, -0.05) is 6.92 Å². The van der Waals surface area contributed by atoms with Crippen LogP contribution in [0.25, 0.3) is 0 Å². The first-order valence-electron chi connectivity index (χ1n) is 3.60. The van der Waals surface area contributed by atoms with Crippen LogP contribution in [0, 0.1) is 5.92 Å². The van der Waals surface area contributed by atoms with Crippen molar-refractivity contribution < 1.29 is 9.53 Å². The van der Waals surface area contributed by atoms with Crippen molar-refractivity contribution in [3.63, 3.8) is 0 Å². The fraction of sp³-hybridized carbons (Fsp3) is 0.857. The topological polar surface area (TPSA) is 52.3 Å². The highest BCUT2D eigenvalue weighted by Crippen LogP contribution is 2.21. The molecule has 0 saturated carbocycles. The number of carbonyl (C=O) groups excluding carboxylic acids is 1. The molecule has 0 aromatic heterocycles. The van der Waals surface area contributed by atoms with Gasteiger partial charge in [-0.25, -0.2) is 0 Å². The second kappa shape index (κ2) is 3.01. The quantitative estimate of drug-likeness (QED) is 0.604. The second-order valence-electron chi connectivity index (χ2n) is 2.85. The molecule has 0 aromatic carbocycles. The van der Waals surface area contributed by atoms with E-state index in [4.69, 9.17) is 10.5 Å². The summed E-state index contributed by atoms with van der Waals surface area (Å²) in [5.74, 6) is 0.228. The Morgan fingerprint density at radius 1 is 1.80 bits per heavy atom. The minimum Gasteiger partial charge on any atom is -0.377 e. The molecule has 2 atom stereocenters. The maximum Gasteiger partial charge on any atom is 0.220 e.